The number of carbonyl (C=O) groups is 1. The van der Waals surface area contributed by atoms with Gasteiger partial charge in [0.2, 0.25) is 10.0 Å². The van der Waals surface area contributed by atoms with Gasteiger partial charge in [-0.15, -0.1) is 11.3 Å². The Labute approximate surface area is 150 Å². The number of carbonyl (C=O) groups excluding carboxylic acids is 1. The van der Waals surface area contributed by atoms with Crippen molar-refractivity contribution in [2.24, 2.45) is 0 Å². The Hall–Kier alpha value is -1.81. The zero-order valence-electron chi connectivity index (χ0n) is 13.7. The Morgan fingerprint density at radius 1 is 1.40 bits per heavy atom. The van der Waals surface area contributed by atoms with Gasteiger partial charge in [-0.05, 0) is 37.1 Å². The molecule has 1 saturated heterocycles. The molecule has 134 valence electrons. The minimum absolute atomic E-state index is 0.0527. The van der Waals surface area contributed by atoms with Crippen molar-refractivity contribution >= 4 is 32.4 Å². The normalized spacial score (nSPS) is 17.8. The molecule has 1 aliphatic heterocycles. The third-order valence-corrected chi connectivity index (χ3v) is 6.49. The zero-order chi connectivity index (χ0) is 17.9. The molecule has 0 bridgehead atoms. The van der Waals surface area contributed by atoms with E-state index in [9.17, 15) is 13.2 Å². The maximum Gasteiger partial charge on any atom is 0.257 e. The number of nitrogens with one attached hydrogen (secondary N) is 1. The first kappa shape index (κ1) is 18.0. The summed E-state index contributed by atoms with van der Waals surface area (Å²) in [4.78, 5) is 16.3. The molecule has 0 saturated carbocycles. The highest BCUT2D eigenvalue weighted by Gasteiger charge is 2.26. The maximum atomic E-state index is 12.6. The Morgan fingerprint density at radius 2 is 2.16 bits per heavy atom. The Morgan fingerprint density at radius 3 is 2.76 bits per heavy atom. The van der Waals surface area contributed by atoms with E-state index in [1.807, 2.05) is 0 Å². The van der Waals surface area contributed by atoms with E-state index in [-0.39, 0.29) is 16.9 Å². The van der Waals surface area contributed by atoms with Gasteiger partial charge in [0.25, 0.3) is 5.91 Å². The van der Waals surface area contributed by atoms with Crippen LogP contribution in [0.25, 0.3) is 0 Å². The van der Waals surface area contributed by atoms with Gasteiger partial charge in [0, 0.05) is 37.3 Å². The third kappa shape index (κ3) is 4.24. The second-order valence-corrected chi connectivity index (χ2v) is 8.68. The lowest BCUT2D eigenvalue weighted by atomic mass is 10.2. The number of hydrogen-bond donors (Lipinski definition) is 1. The highest BCUT2D eigenvalue weighted by Crippen LogP contribution is 2.20. The van der Waals surface area contributed by atoms with E-state index in [0.29, 0.717) is 23.8 Å². The first-order valence-electron chi connectivity index (χ1n) is 7.85. The number of likely N-dealkylation sites (N-methyl/N-ethyl adjacent to an activating group) is 1. The Balaban J connectivity index is 1.68. The zero-order valence-corrected chi connectivity index (χ0v) is 15.3. The Kier molecular flexibility index (Phi) is 5.48. The van der Waals surface area contributed by atoms with Crippen LogP contribution in [0, 0.1) is 0 Å². The number of anilines is 1. The number of benzene rings is 1. The number of hydrogen-bond acceptors (Lipinski definition) is 6. The van der Waals surface area contributed by atoms with Crippen molar-refractivity contribution in [2.45, 2.75) is 23.8 Å². The summed E-state index contributed by atoms with van der Waals surface area (Å²) < 4.78 is 32.0. The molecule has 1 aromatic carbocycles. The van der Waals surface area contributed by atoms with Crippen molar-refractivity contribution in [3.63, 3.8) is 0 Å². The van der Waals surface area contributed by atoms with Crippen LogP contribution in [0.5, 0.6) is 0 Å². The summed E-state index contributed by atoms with van der Waals surface area (Å²) in [5.41, 5.74) is 0.371. The molecule has 1 atom stereocenters. The lowest BCUT2D eigenvalue weighted by molar-refractivity contribution is 0.0979. The molecule has 25 heavy (non-hydrogen) atoms. The molecule has 0 spiro atoms. The molecular weight excluding hydrogens is 362 g/mol. The van der Waals surface area contributed by atoms with Crippen molar-refractivity contribution in [2.75, 3.05) is 25.5 Å². The number of amides is 1. The molecule has 1 amide bonds. The molecule has 7 nitrogen and oxygen atoms in total. The molecule has 2 aromatic rings. The monoisotopic (exact) mass is 381 g/mol. The average Bonchev–Trinajstić information content (AvgIpc) is 3.29. The van der Waals surface area contributed by atoms with Crippen LogP contribution in [-0.4, -0.2) is 49.9 Å². The van der Waals surface area contributed by atoms with Gasteiger partial charge in [-0.3, -0.25) is 10.1 Å². The van der Waals surface area contributed by atoms with Gasteiger partial charge in [-0.1, -0.05) is 0 Å². The first-order chi connectivity index (χ1) is 12.0. The molecule has 2 heterocycles. The van der Waals surface area contributed by atoms with Gasteiger partial charge in [-0.2, -0.15) is 4.31 Å². The maximum absolute atomic E-state index is 12.6. The molecule has 3 rings (SSSR count). The highest BCUT2D eigenvalue weighted by atomic mass is 32.2. The second-order valence-electron chi connectivity index (χ2n) is 5.74. The number of nitrogens with zero attached hydrogens (tertiary/aromatic N) is 2. The molecule has 1 fully saturated rings. The van der Waals surface area contributed by atoms with E-state index in [0.717, 1.165) is 12.8 Å². The topological polar surface area (TPSA) is 88.6 Å². The lowest BCUT2D eigenvalue weighted by Gasteiger charge is -2.20. The second kappa shape index (κ2) is 7.61. The summed E-state index contributed by atoms with van der Waals surface area (Å²) >= 11 is 1.31. The number of aromatic nitrogens is 1. The van der Waals surface area contributed by atoms with Gasteiger partial charge >= 0.3 is 0 Å². The fourth-order valence-corrected chi connectivity index (χ4v) is 4.31. The summed E-state index contributed by atoms with van der Waals surface area (Å²) in [5, 5.41) is 4.92. The van der Waals surface area contributed by atoms with Crippen molar-refractivity contribution in [3.05, 3.63) is 41.4 Å². The summed E-state index contributed by atoms with van der Waals surface area (Å²) in [6.07, 6.45) is 3.37. The fourth-order valence-electron chi connectivity index (χ4n) is 2.59. The summed E-state index contributed by atoms with van der Waals surface area (Å²) in [6, 6.07) is 5.88. The van der Waals surface area contributed by atoms with E-state index in [1.54, 1.807) is 18.6 Å². The van der Waals surface area contributed by atoms with E-state index >= 15 is 0 Å². The number of sulfonamides is 1. The molecule has 0 unspecified atom stereocenters. The van der Waals surface area contributed by atoms with Crippen LogP contribution < -0.4 is 5.32 Å². The number of thiazole rings is 1. The molecule has 9 heteroatoms. The van der Waals surface area contributed by atoms with Gasteiger partial charge in [0.1, 0.15) is 0 Å². The van der Waals surface area contributed by atoms with Crippen LogP contribution in [0.2, 0.25) is 0 Å². The highest BCUT2D eigenvalue weighted by molar-refractivity contribution is 7.89. The quantitative estimate of drug-likeness (QED) is 0.829. The Bertz CT molecular complexity index is 814. The van der Waals surface area contributed by atoms with Crippen LogP contribution in [0.1, 0.15) is 23.2 Å². The van der Waals surface area contributed by atoms with Gasteiger partial charge in [0.05, 0.1) is 11.0 Å². The van der Waals surface area contributed by atoms with Crippen molar-refractivity contribution in [3.8, 4) is 0 Å². The molecule has 1 aliphatic rings. The molecular formula is C16H19N3O4S2. The van der Waals surface area contributed by atoms with Crippen LogP contribution in [-0.2, 0) is 14.8 Å². The minimum atomic E-state index is -3.61. The van der Waals surface area contributed by atoms with Crippen LogP contribution in [0.4, 0.5) is 5.13 Å². The van der Waals surface area contributed by atoms with Crippen LogP contribution in [0.3, 0.4) is 0 Å². The first-order valence-corrected chi connectivity index (χ1v) is 10.2. The SMILES string of the molecule is CN(C[C@@H]1CCCO1)S(=O)(=O)c1ccc(C(=O)Nc2nccs2)cc1. The molecule has 1 N–H and O–H groups in total. The van der Waals surface area contributed by atoms with Crippen molar-refractivity contribution in [1.29, 1.82) is 0 Å². The fraction of sp³-hybridized carbons (Fsp3) is 0.375. The lowest BCUT2D eigenvalue weighted by Crippen LogP contribution is -2.34. The van der Waals surface area contributed by atoms with Crippen molar-refractivity contribution < 1.29 is 17.9 Å². The van der Waals surface area contributed by atoms with E-state index in [2.05, 4.69) is 10.3 Å². The molecule has 0 radical (unpaired) electrons. The predicted molar refractivity (Wildman–Crippen MR) is 95.3 cm³/mol. The summed E-state index contributed by atoms with van der Waals surface area (Å²) in [7, 11) is -2.07. The van der Waals surface area contributed by atoms with Crippen molar-refractivity contribution in [1.82, 2.24) is 9.29 Å². The van der Waals surface area contributed by atoms with Crippen LogP contribution >= 0.6 is 11.3 Å². The smallest absolute Gasteiger partial charge is 0.257 e. The predicted octanol–water partition coefficient (Wildman–Crippen LogP) is 2.19. The average molecular weight is 381 g/mol. The van der Waals surface area contributed by atoms with Crippen LogP contribution in [0.15, 0.2) is 40.7 Å². The standard InChI is InChI=1S/C16H19N3O4S2/c1-19(11-13-3-2-9-23-13)25(21,22)14-6-4-12(5-7-14)15(20)18-16-17-8-10-24-16/h4-8,10,13H,2-3,9,11H2,1H3,(H,17,18,20)/t13-/m0/s1. The van der Waals surface area contributed by atoms with Gasteiger partial charge in [-0.25, -0.2) is 13.4 Å². The largest absolute Gasteiger partial charge is 0.377 e. The number of rotatable bonds is 6. The van der Waals surface area contributed by atoms with E-state index in [4.69, 9.17) is 4.74 Å². The molecule has 0 aliphatic carbocycles. The van der Waals surface area contributed by atoms with E-state index in [1.165, 1.54) is 39.9 Å². The van der Waals surface area contributed by atoms with Gasteiger partial charge in [0.15, 0.2) is 5.13 Å². The third-order valence-electron chi connectivity index (χ3n) is 3.96. The van der Waals surface area contributed by atoms with E-state index < -0.39 is 10.0 Å². The summed E-state index contributed by atoms with van der Waals surface area (Å²) in [5.74, 6) is -0.327. The number of ether oxygens (including phenoxy) is 1. The van der Waals surface area contributed by atoms with Gasteiger partial charge < -0.3 is 4.74 Å². The minimum Gasteiger partial charge on any atom is -0.377 e. The summed E-state index contributed by atoms with van der Waals surface area (Å²) in [6.45, 7) is 1.01. The molecule has 1 aromatic heterocycles.